The molecule has 0 amide bonds. The minimum absolute atomic E-state index is 0.354. The second kappa shape index (κ2) is 6.78. The van der Waals surface area contributed by atoms with Gasteiger partial charge in [-0.05, 0) is 25.3 Å². The Morgan fingerprint density at radius 2 is 1.62 bits per heavy atom. The lowest BCUT2D eigenvalue weighted by Crippen LogP contribution is -2.37. The van der Waals surface area contributed by atoms with Gasteiger partial charge < -0.3 is 0 Å². The molecule has 2 heterocycles. The van der Waals surface area contributed by atoms with Crippen LogP contribution < -0.4 is 0 Å². The molecule has 1 aliphatic rings. The molecule has 4 rings (SSSR count). The minimum Gasteiger partial charge on any atom is -0.282 e. The van der Waals surface area contributed by atoms with Crippen LogP contribution in [-0.4, -0.2) is 27.8 Å². The Hall–Kier alpha value is -2.13. The molecule has 1 aromatic heterocycles. The van der Waals surface area contributed by atoms with Gasteiger partial charge in [-0.15, -0.1) is 0 Å². The van der Waals surface area contributed by atoms with E-state index < -0.39 is 0 Å². The van der Waals surface area contributed by atoms with E-state index in [0.29, 0.717) is 6.17 Å². The summed E-state index contributed by atoms with van der Waals surface area (Å²) in [6.07, 6.45) is 5.41. The smallest absolute Gasteiger partial charge is 0.104 e. The molecule has 1 saturated heterocycles. The lowest BCUT2D eigenvalue weighted by atomic mass is 10.1. The SMILES string of the molecule is CCC(N1CCCCC1)n1nc(-c2ccccc2)c2ccccc21. The molecule has 0 spiro atoms. The minimum atomic E-state index is 0.354. The maximum Gasteiger partial charge on any atom is 0.104 e. The van der Waals surface area contributed by atoms with Crippen molar-refractivity contribution in [1.82, 2.24) is 14.7 Å². The monoisotopic (exact) mass is 319 g/mol. The van der Waals surface area contributed by atoms with Crippen LogP contribution in [0, 0.1) is 0 Å². The number of hydrogen-bond acceptors (Lipinski definition) is 2. The number of aromatic nitrogens is 2. The lowest BCUT2D eigenvalue weighted by Gasteiger charge is -2.34. The van der Waals surface area contributed by atoms with E-state index in [1.165, 1.54) is 48.8 Å². The Balaban J connectivity index is 1.83. The average molecular weight is 319 g/mol. The van der Waals surface area contributed by atoms with Crippen LogP contribution in [0.3, 0.4) is 0 Å². The number of rotatable bonds is 4. The van der Waals surface area contributed by atoms with Gasteiger partial charge in [-0.2, -0.15) is 5.10 Å². The van der Waals surface area contributed by atoms with Gasteiger partial charge in [0.05, 0.1) is 5.52 Å². The van der Waals surface area contributed by atoms with Gasteiger partial charge in [0.2, 0.25) is 0 Å². The number of nitrogens with zero attached hydrogens (tertiary/aromatic N) is 3. The van der Waals surface area contributed by atoms with Crippen LogP contribution in [0.15, 0.2) is 54.6 Å². The molecule has 1 aliphatic heterocycles. The van der Waals surface area contributed by atoms with Crippen LogP contribution in [0.5, 0.6) is 0 Å². The predicted octanol–water partition coefficient (Wildman–Crippen LogP) is 5.10. The van der Waals surface area contributed by atoms with Crippen molar-refractivity contribution in [1.29, 1.82) is 0 Å². The van der Waals surface area contributed by atoms with Gasteiger partial charge in [-0.25, -0.2) is 4.68 Å². The molecule has 124 valence electrons. The fourth-order valence-electron chi connectivity index (χ4n) is 3.93. The highest BCUT2D eigenvalue weighted by atomic mass is 15.4. The fourth-order valence-corrected chi connectivity index (χ4v) is 3.93. The summed E-state index contributed by atoms with van der Waals surface area (Å²) >= 11 is 0. The van der Waals surface area contributed by atoms with E-state index in [0.717, 1.165) is 12.1 Å². The summed E-state index contributed by atoms with van der Waals surface area (Å²) in [5.74, 6) is 0. The Labute approximate surface area is 143 Å². The van der Waals surface area contributed by atoms with E-state index in [1.54, 1.807) is 0 Å². The van der Waals surface area contributed by atoms with Gasteiger partial charge in [-0.1, -0.05) is 61.9 Å². The number of piperidine rings is 1. The quantitative estimate of drug-likeness (QED) is 0.667. The molecule has 0 saturated carbocycles. The van der Waals surface area contributed by atoms with Gasteiger partial charge in [-0.3, -0.25) is 4.90 Å². The molecule has 0 aliphatic carbocycles. The Morgan fingerprint density at radius 1 is 0.917 bits per heavy atom. The molecule has 24 heavy (non-hydrogen) atoms. The molecule has 1 unspecified atom stereocenters. The second-order valence-electron chi connectivity index (χ2n) is 6.66. The molecule has 0 N–H and O–H groups in total. The molecule has 0 bridgehead atoms. The zero-order valence-corrected chi connectivity index (χ0v) is 14.4. The Morgan fingerprint density at radius 3 is 2.38 bits per heavy atom. The Kier molecular flexibility index (Phi) is 4.35. The van der Waals surface area contributed by atoms with Crippen LogP contribution in [0.4, 0.5) is 0 Å². The highest BCUT2D eigenvalue weighted by Gasteiger charge is 2.24. The number of fused-ring (bicyclic) bond motifs is 1. The van der Waals surface area contributed by atoms with Crippen molar-refractivity contribution in [3.8, 4) is 11.3 Å². The number of likely N-dealkylation sites (tertiary alicyclic amines) is 1. The van der Waals surface area contributed by atoms with E-state index in [1.807, 2.05) is 0 Å². The third-order valence-corrected chi connectivity index (χ3v) is 5.12. The van der Waals surface area contributed by atoms with Crippen LogP contribution in [0.2, 0.25) is 0 Å². The summed E-state index contributed by atoms with van der Waals surface area (Å²) in [6, 6.07) is 19.2. The standard InChI is InChI=1S/C21H25N3/c1-2-20(23-15-9-4-10-16-23)24-19-14-8-7-13-18(19)21(22-24)17-11-5-3-6-12-17/h3,5-8,11-14,20H,2,4,9-10,15-16H2,1H3. The van der Waals surface area contributed by atoms with Crippen molar-refractivity contribution < 1.29 is 0 Å². The maximum absolute atomic E-state index is 5.08. The molecular weight excluding hydrogens is 294 g/mol. The zero-order valence-electron chi connectivity index (χ0n) is 14.4. The van der Waals surface area contributed by atoms with E-state index in [4.69, 9.17) is 5.10 Å². The van der Waals surface area contributed by atoms with E-state index >= 15 is 0 Å². The summed E-state index contributed by atoms with van der Waals surface area (Å²) < 4.78 is 2.27. The molecule has 1 fully saturated rings. The molecule has 3 aromatic rings. The zero-order chi connectivity index (χ0) is 16.4. The first-order chi connectivity index (χ1) is 11.9. The van der Waals surface area contributed by atoms with Crippen LogP contribution in [0.25, 0.3) is 22.2 Å². The van der Waals surface area contributed by atoms with Gasteiger partial charge in [0.25, 0.3) is 0 Å². The van der Waals surface area contributed by atoms with Crippen LogP contribution in [0.1, 0.15) is 38.8 Å². The second-order valence-corrected chi connectivity index (χ2v) is 6.66. The summed E-state index contributed by atoms with van der Waals surface area (Å²) in [4.78, 5) is 2.61. The molecule has 3 nitrogen and oxygen atoms in total. The average Bonchev–Trinajstić information content (AvgIpc) is 3.04. The molecular formula is C21H25N3. The molecule has 0 radical (unpaired) electrons. The van der Waals surface area contributed by atoms with Crippen molar-refractivity contribution in [2.75, 3.05) is 13.1 Å². The van der Waals surface area contributed by atoms with E-state index in [2.05, 4.69) is 71.1 Å². The number of para-hydroxylation sites is 1. The molecule has 3 heteroatoms. The van der Waals surface area contributed by atoms with Gasteiger partial charge >= 0.3 is 0 Å². The van der Waals surface area contributed by atoms with Crippen molar-refractivity contribution in [3.05, 3.63) is 54.6 Å². The summed E-state index contributed by atoms with van der Waals surface area (Å²) in [5.41, 5.74) is 3.54. The lowest BCUT2D eigenvalue weighted by molar-refractivity contribution is 0.103. The predicted molar refractivity (Wildman–Crippen MR) is 99.9 cm³/mol. The highest BCUT2D eigenvalue weighted by Crippen LogP contribution is 2.32. The maximum atomic E-state index is 5.08. The van der Waals surface area contributed by atoms with Gasteiger partial charge in [0.1, 0.15) is 11.9 Å². The van der Waals surface area contributed by atoms with Gasteiger partial charge in [0, 0.05) is 24.0 Å². The van der Waals surface area contributed by atoms with Crippen LogP contribution >= 0.6 is 0 Å². The largest absolute Gasteiger partial charge is 0.282 e. The molecule has 2 aromatic carbocycles. The topological polar surface area (TPSA) is 21.1 Å². The van der Waals surface area contributed by atoms with Crippen molar-refractivity contribution in [3.63, 3.8) is 0 Å². The van der Waals surface area contributed by atoms with Crippen molar-refractivity contribution in [2.45, 2.75) is 38.8 Å². The van der Waals surface area contributed by atoms with Crippen LogP contribution in [-0.2, 0) is 0 Å². The number of hydrogen-bond donors (Lipinski definition) is 0. The first-order valence-electron chi connectivity index (χ1n) is 9.15. The summed E-state index contributed by atoms with van der Waals surface area (Å²) in [6.45, 7) is 4.65. The van der Waals surface area contributed by atoms with Gasteiger partial charge in [0.15, 0.2) is 0 Å². The third kappa shape index (κ3) is 2.73. The van der Waals surface area contributed by atoms with E-state index in [9.17, 15) is 0 Å². The summed E-state index contributed by atoms with van der Waals surface area (Å²) in [7, 11) is 0. The first kappa shape index (κ1) is 15.4. The molecule has 1 atom stereocenters. The first-order valence-corrected chi connectivity index (χ1v) is 9.15. The summed E-state index contributed by atoms with van der Waals surface area (Å²) in [5, 5.41) is 6.33. The highest BCUT2D eigenvalue weighted by molar-refractivity contribution is 5.93. The van der Waals surface area contributed by atoms with E-state index in [-0.39, 0.29) is 0 Å². The third-order valence-electron chi connectivity index (χ3n) is 5.12. The number of benzene rings is 2. The van der Waals surface area contributed by atoms with Crippen molar-refractivity contribution in [2.24, 2.45) is 0 Å². The fraction of sp³-hybridized carbons (Fsp3) is 0.381. The van der Waals surface area contributed by atoms with Crippen molar-refractivity contribution >= 4 is 10.9 Å². The Bertz CT molecular complexity index is 800. The normalized spacial score (nSPS) is 17.2.